The molecular weight excluding hydrogens is 270 g/mol. The van der Waals surface area contributed by atoms with Crippen molar-refractivity contribution in [2.75, 3.05) is 18.4 Å². The molecule has 0 bridgehead atoms. The van der Waals surface area contributed by atoms with Gasteiger partial charge in [-0.15, -0.1) is 0 Å². The maximum atomic E-state index is 11.4. The average molecular weight is 286 g/mol. The number of halogens is 1. The van der Waals surface area contributed by atoms with Crippen LogP contribution in [0, 0.1) is 5.92 Å². The summed E-state index contributed by atoms with van der Waals surface area (Å²) in [6, 6.07) is 3.70. The number of anilines is 1. The number of hydrogen-bond acceptors (Lipinski definition) is 3. The van der Waals surface area contributed by atoms with Crippen molar-refractivity contribution in [3.63, 3.8) is 0 Å². The van der Waals surface area contributed by atoms with Gasteiger partial charge in [0.1, 0.15) is 5.82 Å². The molecule has 4 nitrogen and oxygen atoms in total. The van der Waals surface area contributed by atoms with Crippen LogP contribution in [0.15, 0.2) is 22.8 Å². The summed E-state index contributed by atoms with van der Waals surface area (Å²) in [4.78, 5) is 15.5. The van der Waals surface area contributed by atoms with Crippen molar-refractivity contribution < 1.29 is 4.79 Å². The van der Waals surface area contributed by atoms with Crippen LogP contribution in [0.3, 0.4) is 0 Å². The van der Waals surface area contributed by atoms with E-state index in [0.717, 1.165) is 4.47 Å². The second kappa shape index (κ2) is 6.48. The highest BCUT2D eigenvalue weighted by Gasteiger charge is 2.04. The van der Waals surface area contributed by atoms with E-state index >= 15 is 0 Å². The Hall–Kier alpha value is -1.10. The summed E-state index contributed by atoms with van der Waals surface area (Å²) in [6.07, 6.45) is 1.68. The van der Waals surface area contributed by atoms with E-state index in [-0.39, 0.29) is 12.5 Å². The monoisotopic (exact) mass is 285 g/mol. The minimum atomic E-state index is -0.0220. The van der Waals surface area contributed by atoms with Gasteiger partial charge in [0.2, 0.25) is 5.91 Å². The van der Waals surface area contributed by atoms with Crippen molar-refractivity contribution in [3.05, 3.63) is 22.8 Å². The number of rotatable bonds is 5. The fraction of sp³-hybridized carbons (Fsp3) is 0.455. The summed E-state index contributed by atoms with van der Waals surface area (Å²) < 4.78 is 0.853. The summed E-state index contributed by atoms with van der Waals surface area (Å²) in [5.41, 5.74) is 0. The van der Waals surface area contributed by atoms with Crippen LogP contribution < -0.4 is 10.6 Å². The van der Waals surface area contributed by atoms with Gasteiger partial charge in [-0.1, -0.05) is 13.8 Å². The van der Waals surface area contributed by atoms with Crippen LogP contribution >= 0.6 is 15.9 Å². The van der Waals surface area contributed by atoms with Crippen molar-refractivity contribution in [1.82, 2.24) is 10.3 Å². The first-order valence-corrected chi connectivity index (χ1v) is 6.00. The Labute approximate surface area is 104 Å². The van der Waals surface area contributed by atoms with E-state index in [0.29, 0.717) is 18.3 Å². The number of nitrogens with one attached hydrogen (secondary N) is 2. The highest BCUT2D eigenvalue weighted by Crippen LogP contribution is 2.17. The predicted octanol–water partition coefficient (Wildman–Crippen LogP) is 2.03. The normalized spacial score (nSPS) is 10.2. The number of hydrogen-bond donors (Lipinski definition) is 2. The first-order chi connectivity index (χ1) is 7.59. The van der Waals surface area contributed by atoms with E-state index in [9.17, 15) is 4.79 Å². The molecule has 0 aromatic carbocycles. The molecule has 0 saturated heterocycles. The second-order valence-electron chi connectivity index (χ2n) is 3.89. The van der Waals surface area contributed by atoms with Gasteiger partial charge in [0, 0.05) is 12.7 Å². The van der Waals surface area contributed by atoms with E-state index in [1.807, 2.05) is 12.1 Å². The Kier molecular flexibility index (Phi) is 5.25. The van der Waals surface area contributed by atoms with Crippen molar-refractivity contribution in [2.45, 2.75) is 13.8 Å². The number of nitrogens with zero attached hydrogens (tertiary/aromatic N) is 1. The molecule has 0 saturated carbocycles. The van der Waals surface area contributed by atoms with Crippen LogP contribution in [0.5, 0.6) is 0 Å². The molecule has 1 aromatic heterocycles. The lowest BCUT2D eigenvalue weighted by molar-refractivity contribution is -0.119. The summed E-state index contributed by atoms with van der Waals surface area (Å²) in [5.74, 6) is 1.12. The van der Waals surface area contributed by atoms with Gasteiger partial charge in [0.15, 0.2) is 0 Å². The van der Waals surface area contributed by atoms with E-state index in [4.69, 9.17) is 0 Å². The highest BCUT2D eigenvalue weighted by molar-refractivity contribution is 9.10. The Bertz CT molecular complexity index is 355. The number of aromatic nitrogens is 1. The SMILES string of the molecule is CC(C)CNC(=O)CNc1ncccc1Br. The second-order valence-corrected chi connectivity index (χ2v) is 4.74. The van der Waals surface area contributed by atoms with Crippen LogP contribution in [-0.4, -0.2) is 24.0 Å². The standard InChI is InChI=1S/C11H16BrN3O/c1-8(2)6-14-10(16)7-15-11-9(12)4-3-5-13-11/h3-5,8H,6-7H2,1-2H3,(H,13,15)(H,14,16). The van der Waals surface area contributed by atoms with Gasteiger partial charge in [0.05, 0.1) is 11.0 Å². The molecule has 1 aromatic rings. The number of amides is 1. The molecule has 88 valence electrons. The number of carbonyl (C=O) groups is 1. The summed E-state index contributed by atoms with van der Waals surface area (Å²) in [7, 11) is 0. The lowest BCUT2D eigenvalue weighted by atomic mass is 10.2. The zero-order valence-corrected chi connectivity index (χ0v) is 11.0. The number of pyridine rings is 1. The molecule has 0 aliphatic carbocycles. The van der Waals surface area contributed by atoms with Crippen LogP contribution in [0.2, 0.25) is 0 Å². The zero-order valence-electron chi connectivity index (χ0n) is 9.46. The predicted molar refractivity (Wildman–Crippen MR) is 68.3 cm³/mol. The summed E-state index contributed by atoms with van der Waals surface area (Å²) >= 11 is 3.35. The molecule has 1 amide bonds. The smallest absolute Gasteiger partial charge is 0.239 e. The molecule has 0 aliphatic heterocycles. The minimum Gasteiger partial charge on any atom is -0.360 e. The molecule has 1 rings (SSSR count). The van der Waals surface area contributed by atoms with E-state index < -0.39 is 0 Å². The van der Waals surface area contributed by atoms with E-state index in [1.54, 1.807) is 6.20 Å². The molecule has 5 heteroatoms. The van der Waals surface area contributed by atoms with Crippen molar-refractivity contribution in [2.24, 2.45) is 5.92 Å². The van der Waals surface area contributed by atoms with Crippen LogP contribution in [0.1, 0.15) is 13.8 Å². The van der Waals surface area contributed by atoms with Crippen molar-refractivity contribution in [1.29, 1.82) is 0 Å². The first kappa shape index (κ1) is 13.0. The Morgan fingerprint density at radius 1 is 1.56 bits per heavy atom. The highest BCUT2D eigenvalue weighted by atomic mass is 79.9. The van der Waals surface area contributed by atoms with Crippen LogP contribution in [0.25, 0.3) is 0 Å². The third kappa shape index (κ3) is 4.61. The lowest BCUT2D eigenvalue weighted by Gasteiger charge is -2.09. The Morgan fingerprint density at radius 2 is 2.31 bits per heavy atom. The molecule has 0 fully saturated rings. The average Bonchev–Trinajstić information content (AvgIpc) is 2.25. The molecule has 0 aliphatic rings. The zero-order chi connectivity index (χ0) is 12.0. The maximum Gasteiger partial charge on any atom is 0.239 e. The maximum absolute atomic E-state index is 11.4. The Balaban J connectivity index is 2.35. The molecule has 2 N–H and O–H groups in total. The quantitative estimate of drug-likeness (QED) is 0.870. The topological polar surface area (TPSA) is 54.0 Å². The van der Waals surface area contributed by atoms with Gasteiger partial charge in [-0.05, 0) is 34.0 Å². The summed E-state index contributed by atoms with van der Waals surface area (Å²) in [5, 5.41) is 5.79. The molecule has 0 spiro atoms. The van der Waals surface area contributed by atoms with Gasteiger partial charge in [-0.2, -0.15) is 0 Å². The number of carbonyl (C=O) groups excluding carboxylic acids is 1. The molecule has 0 atom stereocenters. The fourth-order valence-electron chi connectivity index (χ4n) is 1.06. The van der Waals surface area contributed by atoms with Gasteiger partial charge in [-0.25, -0.2) is 4.98 Å². The van der Waals surface area contributed by atoms with Crippen LogP contribution in [0.4, 0.5) is 5.82 Å². The third-order valence-electron chi connectivity index (χ3n) is 1.88. The van der Waals surface area contributed by atoms with Crippen molar-refractivity contribution in [3.8, 4) is 0 Å². The summed E-state index contributed by atoms with van der Waals surface area (Å²) in [6.45, 7) is 5.05. The minimum absolute atomic E-state index is 0.0220. The molecule has 0 unspecified atom stereocenters. The largest absolute Gasteiger partial charge is 0.360 e. The van der Waals surface area contributed by atoms with Gasteiger partial charge < -0.3 is 10.6 Å². The molecule has 0 radical (unpaired) electrons. The van der Waals surface area contributed by atoms with Crippen molar-refractivity contribution >= 4 is 27.7 Å². The van der Waals surface area contributed by atoms with Crippen LogP contribution in [-0.2, 0) is 4.79 Å². The van der Waals surface area contributed by atoms with E-state index in [1.165, 1.54) is 0 Å². The van der Waals surface area contributed by atoms with E-state index in [2.05, 4.69) is 45.4 Å². The molecule has 1 heterocycles. The Morgan fingerprint density at radius 3 is 2.94 bits per heavy atom. The first-order valence-electron chi connectivity index (χ1n) is 5.20. The molecule has 16 heavy (non-hydrogen) atoms. The van der Waals surface area contributed by atoms with Gasteiger partial charge >= 0.3 is 0 Å². The molecular formula is C11H16BrN3O. The fourth-order valence-corrected chi connectivity index (χ4v) is 1.46. The van der Waals surface area contributed by atoms with Gasteiger partial charge in [0.25, 0.3) is 0 Å². The van der Waals surface area contributed by atoms with Gasteiger partial charge in [-0.3, -0.25) is 4.79 Å². The third-order valence-corrected chi connectivity index (χ3v) is 2.52. The lowest BCUT2D eigenvalue weighted by Crippen LogP contribution is -2.32.